The molecule has 0 atom stereocenters. The fourth-order valence-electron chi connectivity index (χ4n) is 3.65. The molecule has 1 aromatic heterocycles. The van der Waals surface area contributed by atoms with Crippen LogP contribution in [0, 0.1) is 30.2 Å². The second kappa shape index (κ2) is 9.12. The lowest BCUT2D eigenvalue weighted by Gasteiger charge is -2.32. The molecule has 0 spiro atoms. The van der Waals surface area contributed by atoms with Crippen molar-refractivity contribution in [1.29, 1.82) is 0 Å². The molecule has 2 aromatic carbocycles. The summed E-state index contributed by atoms with van der Waals surface area (Å²) in [6.07, 6.45) is 0.975. The van der Waals surface area contributed by atoms with E-state index in [2.05, 4.69) is 10.7 Å². The van der Waals surface area contributed by atoms with Crippen molar-refractivity contribution < 1.29 is 32.3 Å². The number of hydrogen-bond donors (Lipinski definition) is 3. The van der Waals surface area contributed by atoms with E-state index in [0.717, 1.165) is 10.9 Å². The van der Waals surface area contributed by atoms with E-state index in [-0.39, 0.29) is 13.2 Å². The quantitative estimate of drug-likeness (QED) is 0.477. The van der Waals surface area contributed by atoms with E-state index in [1.807, 2.05) is 0 Å². The van der Waals surface area contributed by atoms with Gasteiger partial charge in [0.2, 0.25) is 5.43 Å². The van der Waals surface area contributed by atoms with Crippen LogP contribution in [0.15, 0.2) is 41.3 Å². The molecule has 3 aromatic rings. The van der Waals surface area contributed by atoms with Crippen molar-refractivity contribution in [1.82, 2.24) is 14.9 Å². The lowest BCUT2D eigenvalue weighted by molar-refractivity contribution is 0.0707. The zero-order valence-electron chi connectivity index (χ0n) is 18.2. The molecule has 2 heterocycles. The molecule has 0 aliphatic carbocycles. The van der Waals surface area contributed by atoms with Crippen LogP contribution in [0.1, 0.15) is 37.5 Å². The van der Waals surface area contributed by atoms with Crippen molar-refractivity contribution in [2.75, 3.05) is 12.1 Å². The zero-order valence-corrected chi connectivity index (χ0v) is 18.2. The minimum absolute atomic E-state index is 0.0581. The van der Waals surface area contributed by atoms with Crippen molar-refractivity contribution in [2.45, 2.75) is 20.0 Å². The number of carbonyl (C=O) groups excluding carboxylic acids is 2. The fraction of sp³-hybridized carbons (Fsp3) is 0.174. The topological polar surface area (TPSA) is 104 Å². The van der Waals surface area contributed by atoms with Gasteiger partial charge >= 0.3 is 0 Å². The predicted molar refractivity (Wildman–Crippen MR) is 115 cm³/mol. The standard InChI is InChI=1S/C23H18F4N4O4/c1-11-4-13(24)3-2-12(11)8-30-10-29-31-9-16(20(32)21(33)19(31)23(30)35)22(34)28-7-15-17(26)5-14(25)6-18(15)27/h2-6,9,29,33H,7-8,10H2,1H3,(H,28,34). The average molecular weight is 490 g/mol. The van der Waals surface area contributed by atoms with E-state index in [1.165, 1.54) is 23.1 Å². The Balaban J connectivity index is 1.57. The van der Waals surface area contributed by atoms with Crippen LogP contribution in [0.3, 0.4) is 0 Å². The first-order chi connectivity index (χ1) is 16.6. The number of amides is 2. The van der Waals surface area contributed by atoms with Crippen molar-refractivity contribution >= 4 is 11.8 Å². The van der Waals surface area contributed by atoms with Crippen molar-refractivity contribution in [3.8, 4) is 5.75 Å². The van der Waals surface area contributed by atoms with Gasteiger partial charge in [0.25, 0.3) is 11.8 Å². The Morgan fingerprint density at radius 2 is 1.77 bits per heavy atom. The van der Waals surface area contributed by atoms with Gasteiger partial charge in [-0.3, -0.25) is 19.1 Å². The van der Waals surface area contributed by atoms with Gasteiger partial charge in [0, 0.05) is 37.0 Å². The Morgan fingerprint density at radius 3 is 2.43 bits per heavy atom. The maximum absolute atomic E-state index is 13.8. The fourth-order valence-corrected chi connectivity index (χ4v) is 3.65. The number of fused-ring (bicyclic) bond motifs is 1. The van der Waals surface area contributed by atoms with Crippen molar-refractivity contribution in [2.24, 2.45) is 0 Å². The number of halogens is 4. The molecule has 2 amide bonds. The molecule has 0 fully saturated rings. The summed E-state index contributed by atoms with van der Waals surface area (Å²) in [5.74, 6) is -6.82. The van der Waals surface area contributed by atoms with Crippen LogP contribution in [0.2, 0.25) is 0 Å². The molecule has 0 unspecified atom stereocenters. The first-order valence-electron chi connectivity index (χ1n) is 10.2. The number of nitrogens with zero attached hydrogens (tertiary/aromatic N) is 2. The summed E-state index contributed by atoms with van der Waals surface area (Å²) in [6, 6.07) is 4.95. The summed E-state index contributed by atoms with van der Waals surface area (Å²) in [6.45, 7) is 0.960. The summed E-state index contributed by atoms with van der Waals surface area (Å²) in [5.41, 5.74) is 1.19. The molecule has 0 saturated heterocycles. The number of benzene rings is 2. The van der Waals surface area contributed by atoms with Gasteiger partial charge in [-0.15, -0.1) is 0 Å². The molecular formula is C23H18F4N4O4. The summed E-state index contributed by atoms with van der Waals surface area (Å²) < 4.78 is 55.0. The summed E-state index contributed by atoms with van der Waals surface area (Å²) in [4.78, 5) is 39.3. The minimum atomic E-state index is -1.23. The Kier molecular flexibility index (Phi) is 6.20. The summed E-state index contributed by atoms with van der Waals surface area (Å²) in [5, 5.41) is 12.5. The highest BCUT2D eigenvalue weighted by molar-refractivity contribution is 5.99. The van der Waals surface area contributed by atoms with Crippen LogP contribution in [0.25, 0.3) is 0 Å². The van der Waals surface area contributed by atoms with E-state index < -0.39 is 69.6 Å². The highest BCUT2D eigenvalue weighted by Gasteiger charge is 2.31. The second-order valence-electron chi connectivity index (χ2n) is 7.86. The van der Waals surface area contributed by atoms with Gasteiger partial charge in [-0.05, 0) is 30.2 Å². The van der Waals surface area contributed by atoms with Crippen LogP contribution in [0.4, 0.5) is 17.6 Å². The number of hydrogen-bond acceptors (Lipinski definition) is 5. The smallest absolute Gasteiger partial charge is 0.278 e. The normalized spacial score (nSPS) is 12.8. The number of nitrogens with one attached hydrogen (secondary N) is 2. The van der Waals surface area contributed by atoms with Crippen molar-refractivity contribution in [3.63, 3.8) is 0 Å². The Morgan fingerprint density at radius 1 is 1.09 bits per heavy atom. The molecule has 35 heavy (non-hydrogen) atoms. The lowest BCUT2D eigenvalue weighted by Crippen LogP contribution is -2.46. The molecular weight excluding hydrogens is 472 g/mol. The van der Waals surface area contributed by atoms with Gasteiger partial charge in [-0.25, -0.2) is 17.6 Å². The van der Waals surface area contributed by atoms with E-state index in [1.54, 1.807) is 6.92 Å². The third-order valence-corrected chi connectivity index (χ3v) is 5.55. The van der Waals surface area contributed by atoms with Gasteiger partial charge in [0.05, 0.1) is 0 Å². The molecule has 12 heteroatoms. The Labute approximate surface area is 195 Å². The van der Waals surface area contributed by atoms with E-state index in [0.29, 0.717) is 23.3 Å². The first-order valence-corrected chi connectivity index (χ1v) is 10.2. The maximum atomic E-state index is 13.8. The third kappa shape index (κ3) is 4.54. The number of pyridine rings is 1. The monoisotopic (exact) mass is 490 g/mol. The largest absolute Gasteiger partial charge is 0.502 e. The van der Waals surface area contributed by atoms with Gasteiger partial charge in [0.1, 0.15) is 35.5 Å². The Bertz CT molecular complexity index is 1400. The number of carbonyl (C=O) groups is 2. The minimum Gasteiger partial charge on any atom is -0.502 e. The summed E-state index contributed by atoms with van der Waals surface area (Å²) in [7, 11) is 0. The second-order valence-corrected chi connectivity index (χ2v) is 7.86. The van der Waals surface area contributed by atoms with Crippen LogP contribution in [-0.2, 0) is 13.1 Å². The molecule has 0 radical (unpaired) electrons. The number of aromatic hydroxyl groups is 1. The van der Waals surface area contributed by atoms with Gasteiger partial charge < -0.3 is 20.7 Å². The van der Waals surface area contributed by atoms with Crippen LogP contribution < -0.4 is 16.2 Å². The molecule has 0 saturated carbocycles. The average Bonchev–Trinajstić information content (AvgIpc) is 2.78. The van der Waals surface area contributed by atoms with E-state index in [9.17, 15) is 37.1 Å². The van der Waals surface area contributed by atoms with E-state index in [4.69, 9.17) is 0 Å². The number of aryl methyl sites for hydroxylation is 1. The maximum Gasteiger partial charge on any atom is 0.278 e. The molecule has 4 rings (SSSR count). The van der Waals surface area contributed by atoms with Crippen molar-refractivity contribution in [3.05, 3.63) is 98.0 Å². The molecule has 1 aliphatic rings. The Hall–Kier alpha value is -4.35. The van der Waals surface area contributed by atoms with Crippen LogP contribution in [-0.4, -0.2) is 33.2 Å². The van der Waals surface area contributed by atoms with Gasteiger partial charge in [-0.1, -0.05) is 6.07 Å². The molecule has 8 nitrogen and oxygen atoms in total. The van der Waals surface area contributed by atoms with Gasteiger partial charge in [0.15, 0.2) is 11.4 Å². The van der Waals surface area contributed by atoms with E-state index >= 15 is 0 Å². The lowest BCUT2D eigenvalue weighted by atomic mass is 10.1. The first kappa shape index (κ1) is 23.8. The zero-order chi connectivity index (χ0) is 25.4. The number of aromatic nitrogens is 1. The highest BCUT2D eigenvalue weighted by Crippen LogP contribution is 2.21. The molecule has 3 N–H and O–H groups in total. The van der Waals surface area contributed by atoms with Gasteiger partial charge in [-0.2, -0.15) is 0 Å². The molecule has 1 aliphatic heterocycles. The van der Waals surface area contributed by atoms with Crippen LogP contribution in [0.5, 0.6) is 5.75 Å². The predicted octanol–water partition coefficient (Wildman–Crippen LogP) is 2.51. The summed E-state index contributed by atoms with van der Waals surface area (Å²) >= 11 is 0. The van der Waals surface area contributed by atoms with Crippen LogP contribution >= 0.6 is 0 Å². The number of rotatable bonds is 5. The highest BCUT2D eigenvalue weighted by atomic mass is 19.1. The SMILES string of the molecule is Cc1cc(F)ccc1CN1CNn2cc(C(=O)NCc3c(F)cc(F)cc3F)c(=O)c(O)c2C1=O. The molecule has 0 bridgehead atoms. The third-order valence-electron chi connectivity index (χ3n) is 5.55. The molecule has 182 valence electrons.